The van der Waals surface area contributed by atoms with Gasteiger partial charge < -0.3 is 0 Å². The monoisotopic (exact) mass is 204 g/mol. The average Bonchev–Trinajstić information content (AvgIpc) is 2.10. The lowest BCUT2D eigenvalue weighted by Crippen LogP contribution is -2.41. The molecule has 0 amide bonds. The molecule has 1 N–H and O–H groups in total. The van der Waals surface area contributed by atoms with Gasteiger partial charge >= 0.3 is 0 Å². The summed E-state index contributed by atoms with van der Waals surface area (Å²) in [5.74, 6) is 2.31. The molecule has 0 unspecified atom stereocenters. The fraction of sp³-hybridized carbons (Fsp3) is 0.750. The van der Waals surface area contributed by atoms with E-state index in [4.69, 9.17) is 6.42 Å². The summed E-state index contributed by atoms with van der Waals surface area (Å²) in [5.41, 5.74) is 0. The van der Waals surface area contributed by atoms with Crippen molar-refractivity contribution in [3.8, 4) is 12.3 Å². The minimum Gasteiger partial charge on any atom is -0.202 e. The third-order valence-corrected chi connectivity index (χ3v) is 3.13. The highest BCUT2D eigenvalue weighted by molar-refractivity contribution is 7.87. The summed E-state index contributed by atoms with van der Waals surface area (Å²) in [7, 11) is -3.36. The SMILES string of the molecule is C#CCN(CC)S(=O)(=O)NCCC. The standard InChI is InChI=1S/C8H16N2O2S/c1-4-7-9-13(11,12)10(6-3)8-5-2/h2,9H,4,6-8H2,1,3H3. The minimum atomic E-state index is -3.36. The molecule has 0 fully saturated rings. The molecule has 0 saturated heterocycles. The van der Waals surface area contributed by atoms with Crippen molar-refractivity contribution < 1.29 is 8.42 Å². The molecule has 0 spiro atoms. The van der Waals surface area contributed by atoms with Crippen LogP contribution in [0.3, 0.4) is 0 Å². The van der Waals surface area contributed by atoms with E-state index >= 15 is 0 Å². The van der Waals surface area contributed by atoms with Gasteiger partial charge in [0.1, 0.15) is 0 Å². The normalized spacial score (nSPS) is 11.5. The van der Waals surface area contributed by atoms with Crippen molar-refractivity contribution in [1.29, 1.82) is 0 Å². The summed E-state index contributed by atoms with van der Waals surface area (Å²) in [6, 6.07) is 0. The Balaban J connectivity index is 4.32. The zero-order chi connectivity index (χ0) is 10.3. The highest BCUT2D eigenvalue weighted by atomic mass is 32.2. The first-order valence-electron chi connectivity index (χ1n) is 4.26. The second-order valence-electron chi connectivity index (χ2n) is 2.53. The van der Waals surface area contributed by atoms with E-state index in [1.165, 1.54) is 4.31 Å². The fourth-order valence-electron chi connectivity index (χ4n) is 0.791. The third kappa shape index (κ3) is 4.27. The molecule has 0 atom stereocenters. The quantitative estimate of drug-likeness (QED) is 0.628. The summed E-state index contributed by atoms with van der Waals surface area (Å²) in [6.07, 6.45) is 5.82. The molecule has 4 nitrogen and oxygen atoms in total. The molecule has 0 aromatic rings. The van der Waals surface area contributed by atoms with Gasteiger partial charge in [0, 0.05) is 13.1 Å². The number of terminal acetylenes is 1. The molecule has 0 rings (SSSR count). The van der Waals surface area contributed by atoms with E-state index < -0.39 is 10.2 Å². The first-order valence-corrected chi connectivity index (χ1v) is 5.70. The van der Waals surface area contributed by atoms with Gasteiger partial charge in [-0.05, 0) is 6.42 Å². The van der Waals surface area contributed by atoms with Gasteiger partial charge in [-0.3, -0.25) is 0 Å². The molecule has 0 aliphatic rings. The molecule has 13 heavy (non-hydrogen) atoms. The van der Waals surface area contributed by atoms with E-state index in [1.807, 2.05) is 6.92 Å². The Morgan fingerprint density at radius 3 is 2.46 bits per heavy atom. The predicted molar refractivity (Wildman–Crippen MR) is 53.3 cm³/mol. The van der Waals surface area contributed by atoms with Crippen LogP contribution >= 0.6 is 0 Å². The Hall–Kier alpha value is -0.570. The largest absolute Gasteiger partial charge is 0.280 e. The van der Waals surface area contributed by atoms with Gasteiger partial charge in [-0.2, -0.15) is 12.7 Å². The molecule has 0 radical (unpaired) electrons. The van der Waals surface area contributed by atoms with Gasteiger partial charge in [0.2, 0.25) is 0 Å². The summed E-state index contributed by atoms with van der Waals surface area (Å²) in [6.45, 7) is 4.62. The van der Waals surface area contributed by atoms with Crippen LogP contribution in [0.4, 0.5) is 0 Å². The number of nitrogens with one attached hydrogen (secondary N) is 1. The van der Waals surface area contributed by atoms with Crippen molar-refractivity contribution in [2.24, 2.45) is 0 Å². The fourth-order valence-corrected chi connectivity index (χ4v) is 2.02. The van der Waals surface area contributed by atoms with Crippen LogP contribution < -0.4 is 4.72 Å². The first-order chi connectivity index (χ1) is 6.08. The number of hydrogen-bond donors (Lipinski definition) is 1. The molecule has 5 heteroatoms. The van der Waals surface area contributed by atoms with E-state index in [0.717, 1.165) is 6.42 Å². The number of hydrogen-bond acceptors (Lipinski definition) is 2. The Kier molecular flexibility index (Phi) is 5.71. The average molecular weight is 204 g/mol. The molecule has 76 valence electrons. The van der Waals surface area contributed by atoms with E-state index in [9.17, 15) is 8.42 Å². The van der Waals surface area contributed by atoms with Crippen LogP contribution in [0.1, 0.15) is 20.3 Å². The third-order valence-electron chi connectivity index (χ3n) is 1.49. The maximum absolute atomic E-state index is 11.4. The molecule has 0 aromatic carbocycles. The Labute approximate surface area is 80.5 Å². The van der Waals surface area contributed by atoms with Crippen molar-refractivity contribution in [1.82, 2.24) is 9.03 Å². The summed E-state index contributed by atoms with van der Waals surface area (Å²) < 4.78 is 26.5. The summed E-state index contributed by atoms with van der Waals surface area (Å²) in [4.78, 5) is 0. The second kappa shape index (κ2) is 5.97. The van der Waals surface area contributed by atoms with E-state index in [2.05, 4.69) is 10.6 Å². The van der Waals surface area contributed by atoms with Gasteiger partial charge in [0.15, 0.2) is 0 Å². The lowest BCUT2D eigenvalue weighted by atomic mass is 10.5. The van der Waals surface area contributed by atoms with Crippen LogP contribution in [0.2, 0.25) is 0 Å². The maximum atomic E-state index is 11.4. The number of rotatable bonds is 6. The molecule has 0 aromatic heterocycles. The van der Waals surface area contributed by atoms with Gasteiger partial charge in [-0.1, -0.05) is 19.8 Å². The summed E-state index contributed by atoms with van der Waals surface area (Å²) in [5, 5.41) is 0. The molecule has 0 saturated carbocycles. The Morgan fingerprint density at radius 2 is 2.08 bits per heavy atom. The van der Waals surface area contributed by atoms with Crippen molar-refractivity contribution in [3.63, 3.8) is 0 Å². The lowest BCUT2D eigenvalue weighted by Gasteiger charge is -2.17. The van der Waals surface area contributed by atoms with Crippen molar-refractivity contribution in [2.75, 3.05) is 19.6 Å². The zero-order valence-electron chi connectivity index (χ0n) is 8.08. The van der Waals surface area contributed by atoms with Gasteiger partial charge in [0.05, 0.1) is 6.54 Å². The van der Waals surface area contributed by atoms with E-state index in [0.29, 0.717) is 13.1 Å². The molecule has 0 heterocycles. The van der Waals surface area contributed by atoms with Gasteiger partial charge in [0.25, 0.3) is 10.2 Å². The van der Waals surface area contributed by atoms with Crippen molar-refractivity contribution >= 4 is 10.2 Å². The smallest absolute Gasteiger partial charge is 0.202 e. The molecule has 0 aliphatic carbocycles. The summed E-state index contributed by atoms with van der Waals surface area (Å²) >= 11 is 0. The first kappa shape index (κ1) is 12.4. The van der Waals surface area contributed by atoms with Crippen LogP contribution in [-0.2, 0) is 10.2 Å². The predicted octanol–water partition coefficient (Wildman–Crippen LogP) is 0.186. The molecular weight excluding hydrogens is 188 g/mol. The Morgan fingerprint density at radius 1 is 1.46 bits per heavy atom. The van der Waals surface area contributed by atoms with Crippen LogP contribution in [0.5, 0.6) is 0 Å². The van der Waals surface area contributed by atoms with E-state index in [-0.39, 0.29) is 6.54 Å². The van der Waals surface area contributed by atoms with Crippen molar-refractivity contribution in [3.05, 3.63) is 0 Å². The maximum Gasteiger partial charge on any atom is 0.280 e. The Bertz CT molecular complexity index is 266. The molecule has 0 bridgehead atoms. The van der Waals surface area contributed by atoms with Gasteiger partial charge in [-0.25, -0.2) is 4.72 Å². The highest BCUT2D eigenvalue weighted by Crippen LogP contribution is 1.95. The number of nitrogens with zero attached hydrogens (tertiary/aromatic N) is 1. The topological polar surface area (TPSA) is 49.4 Å². The lowest BCUT2D eigenvalue weighted by molar-refractivity contribution is 0.452. The zero-order valence-corrected chi connectivity index (χ0v) is 8.89. The van der Waals surface area contributed by atoms with Crippen molar-refractivity contribution in [2.45, 2.75) is 20.3 Å². The highest BCUT2D eigenvalue weighted by Gasteiger charge is 2.17. The second-order valence-corrected chi connectivity index (χ2v) is 4.28. The van der Waals surface area contributed by atoms with Crippen LogP contribution in [0.25, 0.3) is 0 Å². The minimum absolute atomic E-state index is 0.121. The van der Waals surface area contributed by atoms with Crippen LogP contribution in [0.15, 0.2) is 0 Å². The van der Waals surface area contributed by atoms with Crippen LogP contribution in [-0.4, -0.2) is 32.4 Å². The van der Waals surface area contributed by atoms with E-state index in [1.54, 1.807) is 6.92 Å². The molecular formula is C8H16N2O2S. The molecule has 0 aliphatic heterocycles. The van der Waals surface area contributed by atoms with Gasteiger partial charge in [-0.15, -0.1) is 6.42 Å². The van der Waals surface area contributed by atoms with Crippen LogP contribution in [0, 0.1) is 12.3 Å².